The van der Waals surface area contributed by atoms with E-state index in [0.29, 0.717) is 5.75 Å². The number of phenols is 1. The van der Waals surface area contributed by atoms with E-state index in [1.165, 1.54) is 41.2 Å². The molecule has 25 heavy (non-hydrogen) atoms. The topological polar surface area (TPSA) is 20.2 Å². The lowest BCUT2D eigenvalue weighted by Crippen LogP contribution is -1.95. The van der Waals surface area contributed by atoms with Crippen LogP contribution in [0.1, 0.15) is 55.2 Å². The van der Waals surface area contributed by atoms with Gasteiger partial charge in [0, 0.05) is 5.33 Å². The number of aryl methyl sites for hydroxylation is 1. The minimum atomic E-state index is -0.182. The van der Waals surface area contributed by atoms with Crippen LogP contribution in [0.3, 0.4) is 0 Å². The Hall–Kier alpha value is -1.61. The number of halogens is 2. The molecule has 0 bridgehead atoms. The summed E-state index contributed by atoms with van der Waals surface area (Å²) < 4.78 is 13.8. The maximum Gasteiger partial charge on any atom is 0.123 e. The highest BCUT2D eigenvalue weighted by atomic mass is 79.9. The maximum absolute atomic E-state index is 13.8. The average Bonchev–Trinajstić information content (AvgIpc) is 2.78. The molecule has 0 aliphatic heterocycles. The van der Waals surface area contributed by atoms with Crippen molar-refractivity contribution in [3.63, 3.8) is 0 Å². The number of phenolic OH excluding ortho intramolecular Hbond substituents is 1. The predicted molar refractivity (Wildman–Crippen MR) is 107 cm³/mol. The number of allylic oxidation sites excluding steroid dienone is 2. The van der Waals surface area contributed by atoms with E-state index in [0.717, 1.165) is 43.0 Å². The number of alkyl halides is 1. The monoisotopic (exact) mass is 402 g/mol. The number of unbranched alkanes of at least 4 members (excludes halogenated alkanes) is 2. The summed E-state index contributed by atoms with van der Waals surface area (Å²) in [5.74, 6) is 0.144. The van der Waals surface area contributed by atoms with Gasteiger partial charge in [-0.15, -0.1) is 0 Å². The van der Waals surface area contributed by atoms with Crippen molar-refractivity contribution in [1.82, 2.24) is 0 Å². The van der Waals surface area contributed by atoms with E-state index in [9.17, 15) is 9.50 Å². The average molecular weight is 403 g/mol. The zero-order chi connectivity index (χ0) is 17.6. The van der Waals surface area contributed by atoms with Gasteiger partial charge in [-0.3, -0.25) is 0 Å². The van der Waals surface area contributed by atoms with Crippen LogP contribution >= 0.6 is 15.9 Å². The second-order valence-corrected chi connectivity index (χ2v) is 7.46. The first-order valence-corrected chi connectivity index (χ1v) is 10.2. The van der Waals surface area contributed by atoms with Crippen LogP contribution in [0.5, 0.6) is 5.75 Å². The van der Waals surface area contributed by atoms with Crippen LogP contribution in [0, 0.1) is 5.82 Å². The number of hydrogen-bond donors (Lipinski definition) is 1. The van der Waals surface area contributed by atoms with Gasteiger partial charge in [-0.2, -0.15) is 0 Å². The van der Waals surface area contributed by atoms with Crippen molar-refractivity contribution in [3.8, 4) is 5.75 Å². The first-order chi connectivity index (χ1) is 12.2. The second-order valence-electron chi connectivity index (χ2n) is 6.66. The summed E-state index contributed by atoms with van der Waals surface area (Å²) in [6.07, 6.45) is 7.40. The molecule has 0 fully saturated rings. The molecule has 0 spiro atoms. The Morgan fingerprint density at radius 1 is 1.00 bits per heavy atom. The van der Waals surface area contributed by atoms with Crippen molar-refractivity contribution in [3.05, 3.63) is 65.0 Å². The summed E-state index contributed by atoms with van der Waals surface area (Å²) in [7, 11) is 0. The molecule has 0 atom stereocenters. The molecule has 0 saturated carbocycles. The third-order valence-electron chi connectivity index (χ3n) is 4.88. The van der Waals surface area contributed by atoms with E-state index < -0.39 is 0 Å². The molecule has 0 unspecified atom stereocenters. The molecular weight excluding hydrogens is 379 g/mol. The first-order valence-electron chi connectivity index (χ1n) is 9.05. The molecule has 1 N–H and O–H groups in total. The molecule has 2 aromatic rings. The Morgan fingerprint density at radius 2 is 1.88 bits per heavy atom. The lowest BCUT2D eigenvalue weighted by Gasteiger charge is -2.16. The summed E-state index contributed by atoms with van der Waals surface area (Å²) in [6.45, 7) is 0. The largest absolute Gasteiger partial charge is 0.508 e. The van der Waals surface area contributed by atoms with Crippen molar-refractivity contribution in [1.29, 1.82) is 0 Å². The Bertz CT molecular complexity index is 766. The third kappa shape index (κ3) is 4.52. The normalized spacial score (nSPS) is 14.3. The van der Waals surface area contributed by atoms with E-state index in [-0.39, 0.29) is 5.82 Å². The summed E-state index contributed by atoms with van der Waals surface area (Å²) in [5.41, 5.74) is 6.03. The van der Waals surface area contributed by atoms with Gasteiger partial charge in [0.1, 0.15) is 11.6 Å². The van der Waals surface area contributed by atoms with Crippen molar-refractivity contribution in [2.45, 2.75) is 44.9 Å². The van der Waals surface area contributed by atoms with Crippen molar-refractivity contribution >= 4 is 27.1 Å². The van der Waals surface area contributed by atoms with Crippen LogP contribution in [0.2, 0.25) is 0 Å². The Morgan fingerprint density at radius 3 is 2.68 bits per heavy atom. The lowest BCUT2D eigenvalue weighted by atomic mass is 9.89. The van der Waals surface area contributed by atoms with Crippen LogP contribution in [0.15, 0.2) is 42.5 Å². The molecule has 1 aliphatic carbocycles. The molecule has 132 valence electrons. The molecule has 0 aromatic heterocycles. The molecular formula is C22H24BrFO. The van der Waals surface area contributed by atoms with Gasteiger partial charge in [-0.05, 0) is 90.6 Å². The molecule has 1 nitrogen and oxygen atoms in total. The van der Waals surface area contributed by atoms with Gasteiger partial charge in [0.25, 0.3) is 0 Å². The zero-order valence-electron chi connectivity index (χ0n) is 14.4. The molecule has 3 rings (SSSR count). The van der Waals surface area contributed by atoms with Crippen LogP contribution in [0.4, 0.5) is 4.39 Å². The molecule has 3 heteroatoms. The Kier molecular flexibility index (Phi) is 6.30. The summed E-state index contributed by atoms with van der Waals surface area (Å²) in [6, 6.07) is 12.7. The number of aromatic hydroxyl groups is 1. The van der Waals surface area contributed by atoms with Crippen molar-refractivity contribution in [2.24, 2.45) is 0 Å². The van der Waals surface area contributed by atoms with Gasteiger partial charge in [-0.1, -0.05) is 40.5 Å². The van der Waals surface area contributed by atoms with Gasteiger partial charge in [0.15, 0.2) is 0 Å². The van der Waals surface area contributed by atoms with Gasteiger partial charge in [0.05, 0.1) is 0 Å². The fraction of sp³-hybridized carbons (Fsp3) is 0.364. The minimum Gasteiger partial charge on any atom is -0.508 e. The smallest absolute Gasteiger partial charge is 0.123 e. The van der Waals surface area contributed by atoms with Gasteiger partial charge < -0.3 is 5.11 Å². The Labute approximate surface area is 157 Å². The molecule has 0 heterocycles. The summed E-state index contributed by atoms with van der Waals surface area (Å²) in [5, 5.41) is 10.9. The van der Waals surface area contributed by atoms with E-state index >= 15 is 0 Å². The standard InChI is InChI=1S/C22H24BrFO/c23-13-3-1-2-9-22-20(16-6-4-8-18(24)14-16)10-5-7-17-15-19(25)11-12-21(17)22/h4,6,8,11-12,14-15,25H,1-3,5,7,9-10,13H2. The quantitative estimate of drug-likeness (QED) is 0.419. The van der Waals surface area contributed by atoms with Gasteiger partial charge in [0.2, 0.25) is 0 Å². The van der Waals surface area contributed by atoms with Crippen LogP contribution in [-0.4, -0.2) is 10.4 Å². The number of fused-ring (bicyclic) bond motifs is 1. The summed E-state index contributed by atoms with van der Waals surface area (Å²) >= 11 is 3.50. The zero-order valence-corrected chi connectivity index (χ0v) is 16.0. The van der Waals surface area contributed by atoms with Gasteiger partial charge >= 0.3 is 0 Å². The van der Waals surface area contributed by atoms with E-state index in [1.54, 1.807) is 18.2 Å². The molecule has 0 radical (unpaired) electrons. The number of benzene rings is 2. The highest BCUT2D eigenvalue weighted by Gasteiger charge is 2.19. The Balaban J connectivity index is 2.04. The maximum atomic E-state index is 13.8. The molecule has 0 saturated heterocycles. The predicted octanol–water partition coefficient (Wildman–Crippen LogP) is 6.73. The van der Waals surface area contributed by atoms with Crippen LogP contribution in [0.25, 0.3) is 11.1 Å². The molecule has 0 amide bonds. The van der Waals surface area contributed by atoms with Crippen LogP contribution in [-0.2, 0) is 6.42 Å². The van der Waals surface area contributed by atoms with Crippen molar-refractivity contribution < 1.29 is 9.50 Å². The fourth-order valence-corrected chi connectivity index (χ4v) is 4.10. The molecule has 1 aliphatic rings. The van der Waals surface area contributed by atoms with Crippen LogP contribution < -0.4 is 0 Å². The highest BCUT2D eigenvalue weighted by molar-refractivity contribution is 9.09. The van der Waals surface area contributed by atoms with E-state index in [1.807, 2.05) is 18.2 Å². The van der Waals surface area contributed by atoms with E-state index in [4.69, 9.17) is 0 Å². The van der Waals surface area contributed by atoms with E-state index in [2.05, 4.69) is 15.9 Å². The second kappa shape index (κ2) is 8.66. The summed E-state index contributed by atoms with van der Waals surface area (Å²) in [4.78, 5) is 0. The SMILES string of the molecule is Oc1ccc2c(c1)CCCC(c1cccc(F)c1)=C2CCCCCBr. The van der Waals surface area contributed by atoms with Gasteiger partial charge in [-0.25, -0.2) is 4.39 Å². The first kappa shape index (κ1) is 18.2. The number of hydrogen-bond acceptors (Lipinski definition) is 1. The molecule has 2 aromatic carbocycles. The lowest BCUT2D eigenvalue weighted by molar-refractivity contribution is 0.474. The third-order valence-corrected chi connectivity index (χ3v) is 5.45. The fourth-order valence-electron chi connectivity index (χ4n) is 3.70. The minimum absolute atomic E-state index is 0.182. The number of rotatable bonds is 6. The van der Waals surface area contributed by atoms with Crippen molar-refractivity contribution in [2.75, 3.05) is 5.33 Å². The highest BCUT2D eigenvalue weighted by Crippen LogP contribution is 2.39.